The van der Waals surface area contributed by atoms with E-state index in [1.165, 1.54) is 16.4 Å². The van der Waals surface area contributed by atoms with Crippen LogP contribution >= 0.6 is 22.6 Å². The predicted molar refractivity (Wildman–Crippen MR) is 65.2 cm³/mol. The first kappa shape index (κ1) is 9.50. The molecule has 1 aromatic rings. The number of hydrogen-bond donors (Lipinski definition) is 0. The molecule has 0 saturated heterocycles. The summed E-state index contributed by atoms with van der Waals surface area (Å²) in [6, 6.07) is 6.90. The first-order valence-corrected chi connectivity index (χ1v) is 6.05. The lowest BCUT2D eigenvalue weighted by atomic mass is 9.95. The molecule has 0 heterocycles. The molecule has 13 heavy (non-hydrogen) atoms. The van der Waals surface area contributed by atoms with Crippen LogP contribution in [0.15, 0.2) is 18.2 Å². The van der Waals surface area contributed by atoms with Crippen LogP contribution in [0.1, 0.15) is 49.7 Å². The van der Waals surface area contributed by atoms with Crippen molar-refractivity contribution in [3.63, 3.8) is 0 Å². The quantitative estimate of drug-likeness (QED) is 0.711. The fourth-order valence-corrected chi connectivity index (χ4v) is 2.33. The Balaban J connectivity index is 2.42. The zero-order valence-electron chi connectivity index (χ0n) is 8.18. The molecule has 1 aliphatic carbocycles. The lowest BCUT2D eigenvalue weighted by Gasteiger charge is -2.12. The van der Waals surface area contributed by atoms with Gasteiger partial charge in [0.1, 0.15) is 0 Å². The van der Waals surface area contributed by atoms with E-state index in [0.717, 1.165) is 5.92 Å². The van der Waals surface area contributed by atoms with Crippen LogP contribution in [0.4, 0.5) is 0 Å². The molecular weight excluding hydrogens is 271 g/mol. The Labute approximate surface area is 93.9 Å². The van der Waals surface area contributed by atoms with Gasteiger partial charge in [0.05, 0.1) is 0 Å². The lowest BCUT2D eigenvalue weighted by molar-refractivity contribution is 0.841. The van der Waals surface area contributed by atoms with Crippen molar-refractivity contribution in [1.29, 1.82) is 0 Å². The third kappa shape index (κ3) is 2.06. The molecule has 1 aliphatic rings. The van der Waals surface area contributed by atoms with E-state index in [2.05, 4.69) is 54.6 Å². The Morgan fingerprint density at radius 3 is 2.54 bits per heavy atom. The summed E-state index contributed by atoms with van der Waals surface area (Å²) in [5.41, 5.74) is 3.17. The number of hydrogen-bond acceptors (Lipinski definition) is 0. The Morgan fingerprint density at radius 2 is 2.00 bits per heavy atom. The topological polar surface area (TPSA) is 0 Å². The fourth-order valence-electron chi connectivity index (χ4n) is 1.82. The highest BCUT2D eigenvalue weighted by atomic mass is 127. The molecule has 0 spiro atoms. The summed E-state index contributed by atoms with van der Waals surface area (Å²) in [6.45, 7) is 4.57. The summed E-state index contributed by atoms with van der Waals surface area (Å²) < 4.78 is 1.38. The summed E-state index contributed by atoms with van der Waals surface area (Å²) in [5, 5.41) is 0. The molecular formula is C12H15I. The van der Waals surface area contributed by atoms with Crippen molar-refractivity contribution >= 4 is 22.6 Å². The highest BCUT2D eigenvalue weighted by Gasteiger charge is 2.26. The molecule has 0 aromatic heterocycles. The maximum absolute atomic E-state index is 2.41. The van der Waals surface area contributed by atoms with Gasteiger partial charge in [-0.1, -0.05) is 19.9 Å². The van der Waals surface area contributed by atoms with Crippen LogP contribution in [-0.2, 0) is 0 Å². The minimum absolute atomic E-state index is 0.674. The van der Waals surface area contributed by atoms with E-state index < -0.39 is 0 Å². The standard InChI is InChI=1S/C12H15I/c1-8(2)11-6-5-10(13)7-12(11)9-3-4-9/h5-9H,3-4H2,1-2H3. The van der Waals surface area contributed by atoms with Gasteiger partial charge in [0.2, 0.25) is 0 Å². The molecule has 0 nitrogen and oxygen atoms in total. The van der Waals surface area contributed by atoms with Crippen LogP contribution < -0.4 is 0 Å². The average Bonchev–Trinajstić information content (AvgIpc) is 2.85. The first-order chi connectivity index (χ1) is 6.18. The van der Waals surface area contributed by atoms with Crippen LogP contribution in [-0.4, -0.2) is 0 Å². The van der Waals surface area contributed by atoms with E-state index >= 15 is 0 Å². The van der Waals surface area contributed by atoms with Crippen molar-refractivity contribution in [2.75, 3.05) is 0 Å². The highest BCUT2D eigenvalue weighted by Crippen LogP contribution is 2.43. The second-order valence-corrected chi connectivity index (χ2v) is 5.45. The van der Waals surface area contributed by atoms with Gasteiger partial charge in [0, 0.05) is 3.57 Å². The average molecular weight is 286 g/mol. The van der Waals surface area contributed by atoms with Gasteiger partial charge in [-0.05, 0) is 70.5 Å². The lowest BCUT2D eigenvalue weighted by Crippen LogP contribution is -1.95. The van der Waals surface area contributed by atoms with Gasteiger partial charge in [0.15, 0.2) is 0 Å². The molecule has 1 heteroatoms. The summed E-state index contributed by atoms with van der Waals surface area (Å²) >= 11 is 2.41. The van der Waals surface area contributed by atoms with E-state index in [1.807, 2.05) is 0 Å². The maximum atomic E-state index is 2.41. The Morgan fingerprint density at radius 1 is 1.31 bits per heavy atom. The van der Waals surface area contributed by atoms with Crippen molar-refractivity contribution in [1.82, 2.24) is 0 Å². The van der Waals surface area contributed by atoms with Gasteiger partial charge in [-0.15, -0.1) is 0 Å². The molecule has 2 rings (SSSR count). The third-order valence-corrected chi connectivity index (χ3v) is 3.36. The molecule has 0 unspecified atom stereocenters. The molecule has 0 bridgehead atoms. The molecule has 0 atom stereocenters. The van der Waals surface area contributed by atoms with Crippen molar-refractivity contribution in [3.8, 4) is 0 Å². The minimum Gasteiger partial charge on any atom is -0.0587 e. The predicted octanol–water partition coefficient (Wildman–Crippen LogP) is 4.29. The molecule has 0 amide bonds. The summed E-state index contributed by atoms with van der Waals surface area (Å²) in [7, 11) is 0. The number of rotatable bonds is 2. The third-order valence-electron chi connectivity index (χ3n) is 2.69. The van der Waals surface area contributed by atoms with Crippen molar-refractivity contribution in [2.45, 2.75) is 38.5 Å². The highest BCUT2D eigenvalue weighted by molar-refractivity contribution is 14.1. The van der Waals surface area contributed by atoms with E-state index in [-0.39, 0.29) is 0 Å². The van der Waals surface area contributed by atoms with E-state index in [0.29, 0.717) is 5.92 Å². The molecule has 1 aromatic carbocycles. The van der Waals surface area contributed by atoms with Gasteiger partial charge in [-0.25, -0.2) is 0 Å². The Bertz CT molecular complexity index is 311. The zero-order chi connectivity index (χ0) is 9.42. The molecule has 0 aliphatic heterocycles. The van der Waals surface area contributed by atoms with Crippen LogP contribution in [0.5, 0.6) is 0 Å². The van der Waals surface area contributed by atoms with Crippen LogP contribution in [0.2, 0.25) is 0 Å². The molecule has 70 valence electrons. The molecule has 0 radical (unpaired) electrons. The van der Waals surface area contributed by atoms with Crippen LogP contribution in [0, 0.1) is 3.57 Å². The van der Waals surface area contributed by atoms with E-state index in [9.17, 15) is 0 Å². The molecule has 1 fully saturated rings. The van der Waals surface area contributed by atoms with Gasteiger partial charge in [-0.3, -0.25) is 0 Å². The van der Waals surface area contributed by atoms with Crippen molar-refractivity contribution in [3.05, 3.63) is 32.9 Å². The SMILES string of the molecule is CC(C)c1ccc(I)cc1C1CC1. The second kappa shape index (κ2) is 3.60. The summed E-state index contributed by atoms with van der Waals surface area (Å²) in [4.78, 5) is 0. The van der Waals surface area contributed by atoms with Gasteiger partial charge >= 0.3 is 0 Å². The number of benzene rings is 1. The fraction of sp³-hybridized carbons (Fsp3) is 0.500. The van der Waals surface area contributed by atoms with E-state index in [1.54, 1.807) is 11.1 Å². The van der Waals surface area contributed by atoms with Crippen molar-refractivity contribution in [2.24, 2.45) is 0 Å². The smallest absolute Gasteiger partial charge is 0.0133 e. The molecule has 0 N–H and O–H groups in total. The minimum atomic E-state index is 0.674. The van der Waals surface area contributed by atoms with Gasteiger partial charge in [-0.2, -0.15) is 0 Å². The Kier molecular flexibility index (Phi) is 2.63. The normalized spacial score (nSPS) is 16.6. The summed E-state index contributed by atoms with van der Waals surface area (Å²) in [5.74, 6) is 1.56. The first-order valence-electron chi connectivity index (χ1n) is 4.98. The second-order valence-electron chi connectivity index (χ2n) is 4.20. The van der Waals surface area contributed by atoms with Crippen molar-refractivity contribution < 1.29 is 0 Å². The largest absolute Gasteiger partial charge is 0.0587 e. The maximum Gasteiger partial charge on any atom is 0.0133 e. The van der Waals surface area contributed by atoms with Gasteiger partial charge in [0.25, 0.3) is 0 Å². The van der Waals surface area contributed by atoms with Crippen LogP contribution in [0.3, 0.4) is 0 Å². The van der Waals surface area contributed by atoms with Crippen LogP contribution in [0.25, 0.3) is 0 Å². The number of halogens is 1. The Hall–Kier alpha value is -0.0500. The summed E-state index contributed by atoms with van der Waals surface area (Å²) in [6.07, 6.45) is 2.81. The molecule has 1 saturated carbocycles. The monoisotopic (exact) mass is 286 g/mol. The zero-order valence-corrected chi connectivity index (χ0v) is 10.3. The van der Waals surface area contributed by atoms with Gasteiger partial charge < -0.3 is 0 Å². The van der Waals surface area contributed by atoms with E-state index in [4.69, 9.17) is 0 Å².